The van der Waals surface area contributed by atoms with E-state index in [4.69, 9.17) is 4.74 Å². The molecule has 1 atom stereocenters. The van der Waals surface area contributed by atoms with E-state index in [0.717, 1.165) is 16.2 Å². The van der Waals surface area contributed by atoms with Crippen LogP contribution in [0, 0.1) is 0 Å². The highest BCUT2D eigenvalue weighted by Gasteiger charge is 2.28. The van der Waals surface area contributed by atoms with Crippen molar-refractivity contribution in [2.24, 2.45) is 0 Å². The van der Waals surface area contributed by atoms with Gasteiger partial charge in [0.05, 0.1) is 5.75 Å². The smallest absolute Gasteiger partial charge is 0.380 e. The van der Waals surface area contributed by atoms with Crippen molar-refractivity contribution >= 4 is 32.4 Å². The van der Waals surface area contributed by atoms with Gasteiger partial charge in [0.15, 0.2) is 9.84 Å². The molecule has 0 fully saturated rings. The zero-order chi connectivity index (χ0) is 15.7. The molecule has 0 saturated carbocycles. The second kappa shape index (κ2) is 5.38. The summed E-state index contributed by atoms with van der Waals surface area (Å²) in [6, 6.07) is 12.4. The van der Waals surface area contributed by atoms with E-state index < -0.39 is 27.7 Å². The topological polar surface area (TPSA) is 77.5 Å². The maximum absolute atomic E-state index is 12.1. The summed E-state index contributed by atoms with van der Waals surface area (Å²) in [5, 5.41) is 2.78. The SMILES string of the molecule is O=C(OC1C=CS(=O)(=O)C1)C(=O)c1ccc2ccccc2c1. The molecule has 5 nitrogen and oxygen atoms in total. The lowest BCUT2D eigenvalue weighted by Crippen LogP contribution is -2.25. The third kappa shape index (κ3) is 2.92. The number of hydrogen-bond donors (Lipinski definition) is 0. The van der Waals surface area contributed by atoms with Crippen LogP contribution in [-0.2, 0) is 19.4 Å². The first-order valence-corrected chi connectivity index (χ1v) is 8.31. The molecule has 1 unspecified atom stereocenters. The summed E-state index contributed by atoms with van der Waals surface area (Å²) in [4.78, 5) is 23.9. The molecule has 0 spiro atoms. The Labute approximate surface area is 127 Å². The number of sulfone groups is 1. The Morgan fingerprint density at radius 3 is 2.45 bits per heavy atom. The number of carbonyl (C=O) groups is 2. The highest BCUT2D eigenvalue weighted by Crippen LogP contribution is 2.17. The first-order valence-electron chi connectivity index (χ1n) is 6.60. The van der Waals surface area contributed by atoms with Gasteiger partial charge in [0.1, 0.15) is 6.10 Å². The number of Topliss-reactive ketones (excluding diaryl/α,β-unsaturated/α-hetero) is 1. The Balaban J connectivity index is 1.77. The largest absolute Gasteiger partial charge is 0.451 e. The van der Waals surface area contributed by atoms with Crippen molar-refractivity contribution in [1.29, 1.82) is 0 Å². The second-order valence-corrected chi connectivity index (χ2v) is 6.92. The van der Waals surface area contributed by atoms with Crippen LogP contribution in [-0.4, -0.2) is 32.0 Å². The number of fused-ring (bicyclic) bond motifs is 1. The average Bonchev–Trinajstić information content (AvgIpc) is 2.84. The number of ether oxygens (including phenoxy) is 1. The van der Waals surface area contributed by atoms with E-state index in [-0.39, 0.29) is 11.3 Å². The first-order chi connectivity index (χ1) is 10.4. The number of rotatable bonds is 3. The van der Waals surface area contributed by atoms with Gasteiger partial charge in [-0.25, -0.2) is 13.2 Å². The van der Waals surface area contributed by atoms with Gasteiger partial charge in [0.25, 0.3) is 5.78 Å². The van der Waals surface area contributed by atoms with Gasteiger partial charge >= 0.3 is 5.97 Å². The third-order valence-corrected chi connectivity index (χ3v) is 4.72. The Kier molecular flexibility index (Phi) is 3.54. The molecular weight excluding hydrogens is 304 g/mol. The van der Waals surface area contributed by atoms with Crippen molar-refractivity contribution < 1.29 is 22.7 Å². The van der Waals surface area contributed by atoms with Crippen LogP contribution >= 0.6 is 0 Å². The molecule has 3 rings (SSSR count). The summed E-state index contributed by atoms with van der Waals surface area (Å²) in [6.07, 6.45) is 0.364. The predicted molar refractivity (Wildman–Crippen MR) is 81.1 cm³/mol. The van der Waals surface area contributed by atoms with E-state index in [2.05, 4.69) is 0 Å². The van der Waals surface area contributed by atoms with Gasteiger partial charge in [0, 0.05) is 11.0 Å². The van der Waals surface area contributed by atoms with Gasteiger partial charge in [-0.15, -0.1) is 0 Å². The van der Waals surface area contributed by atoms with Gasteiger partial charge < -0.3 is 4.74 Å². The lowest BCUT2D eigenvalue weighted by molar-refractivity contribution is -0.140. The molecule has 2 aromatic carbocycles. The summed E-state index contributed by atoms with van der Waals surface area (Å²) in [6.45, 7) is 0. The molecule has 0 radical (unpaired) electrons. The lowest BCUT2D eigenvalue weighted by Gasteiger charge is -2.09. The second-order valence-electron chi connectivity index (χ2n) is 4.99. The molecule has 112 valence electrons. The zero-order valence-electron chi connectivity index (χ0n) is 11.4. The molecular formula is C16H12O5S. The number of ketones is 1. The van der Waals surface area contributed by atoms with E-state index in [9.17, 15) is 18.0 Å². The van der Waals surface area contributed by atoms with Crippen LogP contribution in [0.2, 0.25) is 0 Å². The number of carbonyl (C=O) groups excluding carboxylic acids is 2. The minimum absolute atomic E-state index is 0.216. The van der Waals surface area contributed by atoms with Crippen LogP contribution in [0.25, 0.3) is 10.8 Å². The van der Waals surface area contributed by atoms with Crippen molar-refractivity contribution in [3.63, 3.8) is 0 Å². The maximum atomic E-state index is 12.1. The van der Waals surface area contributed by atoms with Crippen LogP contribution in [0.4, 0.5) is 0 Å². The van der Waals surface area contributed by atoms with Crippen LogP contribution < -0.4 is 0 Å². The van der Waals surface area contributed by atoms with Crippen LogP contribution in [0.1, 0.15) is 10.4 Å². The quantitative estimate of drug-likeness (QED) is 0.491. The molecule has 1 heterocycles. The molecule has 0 amide bonds. The van der Waals surface area contributed by atoms with Crippen LogP contribution in [0.3, 0.4) is 0 Å². The lowest BCUT2D eigenvalue weighted by atomic mass is 10.0. The van der Waals surface area contributed by atoms with E-state index in [0.29, 0.717) is 0 Å². The molecule has 0 aromatic heterocycles. The van der Waals surface area contributed by atoms with Crippen LogP contribution in [0.5, 0.6) is 0 Å². The molecule has 2 aromatic rings. The summed E-state index contributed by atoms with van der Waals surface area (Å²) < 4.78 is 27.4. The van der Waals surface area contributed by atoms with Crippen molar-refractivity contribution in [2.45, 2.75) is 6.10 Å². The summed E-state index contributed by atoms with van der Waals surface area (Å²) in [5.41, 5.74) is 0.216. The molecule has 1 aliphatic rings. The van der Waals surface area contributed by atoms with Crippen molar-refractivity contribution in [3.8, 4) is 0 Å². The fourth-order valence-electron chi connectivity index (χ4n) is 2.26. The Bertz CT molecular complexity index is 896. The molecule has 1 aliphatic heterocycles. The number of esters is 1. The van der Waals surface area contributed by atoms with Crippen LogP contribution in [0.15, 0.2) is 53.9 Å². The molecule has 0 aliphatic carbocycles. The van der Waals surface area contributed by atoms with Gasteiger partial charge in [-0.3, -0.25) is 4.79 Å². The van der Waals surface area contributed by atoms with Gasteiger partial charge in [-0.2, -0.15) is 0 Å². The van der Waals surface area contributed by atoms with Crippen molar-refractivity contribution in [1.82, 2.24) is 0 Å². The van der Waals surface area contributed by atoms with Crippen molar-refractivity contribution in [3.05, 3.63) is 59.5 Å². The number of benzene rings is 2. The van der Waals surface area contributed by atoms with E-state index in [1.165, 1.54) is 6.08 Å². The summed E-state index contributed by atoms with van der Waals surface area (Å²) >= 11 is 0. The predicted octanol–water partition coefficient (Wildman–Crippen LogP) is 1.88. The molecule has 0 bridgehead atoms. The monoisotopic (exact) mass is 316 g/mol. The average molecular weight is 316 g/mol. The Hall–Kier alpha value is -2.47. The van der Waals surface area contributed by atoms with Gasteiger partial charge in [-0.05, 0) is 22.9 Å². The van der Waals surface area contributed by atoms with E-state index >= 15 is 0 Å². The molecule has 0 N–H and O–H groups in total. The fraction of sp³-hybridized carbons (Fsp3) is 0.125. The Morgan fingerprint density at radius 2 is 1.77 bits per heavy atom. The fourth-order valence-corrected chi connectivity index (χ4v) is 3.42. The van der Waals surface area contributed by atoms with Crippen molar-refractivity contribution in [2.75, 3.05) is 5.75 Å². The third-order valence-electron chi connectivity index (χ3n) is 3.35. The van der Waals surface area contributed by atoms with Gasteiger partial charge in [-0.1, -0.05) is 36.4 Å². The molecule has 6 heteroatoms. The summed E-state index contributed by atoms with van der Waals surface area (Å²) in [7, 11) is -3.33. The Morgan fingerprint density at radius 1 is 1.05 bits per heavy atom. The van der Waals surface area contributed by atoms with E-state index in [1.54, 1.807) is 18.2 Å². The van der Waals surface area contributed by atoms with E-state index in [1.807, 2.05) is 24.3 Å². The maximum Gasteiger partial charge on any atom is 0.380 e. The standard InChI is InChI=1S/C16H12O5S/c17-15(16(18)21-14-7-8-22(19,20)10-14)13-6-5-11-3-1-2-4-12(11)9-13/h1-9,14H,10H2. The highest BCUT2D eigenvalue weighted by atomic mass is 32.2. The zero-order valence-corrected chi connectivity index (χ0v) is 12.2. The summed E-state index contributed by atoms with van der Waals surface area (Å²) in [5.74, 6) is -2.16. The minimum Gasteiger partial charge on any atom is -0.451 e. The first kappa shape index (κ1) is 14.5. The molecule has 22 heavy (non-hydrogen) atoms. The van der Waals surface area contributed by atoms with Gasteiger partial charge in [0.2, 0.25) is 0 Å². The minimum atomic E-state index is -3.33. The number of hydrogen-bond acceptors (Lipinski definition) is 5. The normalized spacial score (nSPS) is 19.2. The highest BCUT2D eigenvalue weighted by molar-refractivity contribution is 7.94. The molecule has 0 saturated heterocycles.